The van der Waals surface area contributed by atoms with Gasteiger partial charge < -0.3 is 0 Å². The number of pyridine rings is 1. The standard InChI is InChI=1S/C24H26N4O4S2/c1-3-34(31,32)23-21(18-10-5-4-6-11-18)22(29)28(24(30)26(23)2)15-7-8-17-33-20-13-9-12-19-25-14-16-27(19)20/h4-6,9-14,16H,3,7-8,15,17H2,1-2H3. The van der Waals surface area contributed by atoms with Gasteiger partial charge in [0.1, 0.15) is 5.65 Å². The lowest BCUT2D eigenvalue weighted by Gasteiger charge is -2.16. The molecule has 0 N–H and O–H groups in total. The Morgan fingerprint density at radius 3 is 2.50 bits per heavy atom. The SMILES string of the molecule is CCS(=O)(=O)c1c(-c2ccccc2)c(=O)n(CCCCSc2cccc3nccn23)c(=O)n1C. The number of benzene rings is 1. The van der Waals surface area contributed by atoms with Crippen molar-refractivity contribution < 1.29 is 8.42 Å². The van der Waals surface area contributed by atoms with E-state index in [2.05, 4.69) is 4.98 Å². The molecule has 0 saturated carbocycles. The van der Waals surface area contributed by atoms with Gasteiger partial charge in [-0.2, -0.15) is 0 Å². The molecule has 4 aromatic rings. The molecule has 0 bridgehead atoms. The second-order valence-corrected chi connectivity index (χ2v) is 11.1. The summed E-state index contributed by atoms with van der Waals surface area (Å²) < 4.78 is 29.9. The predicted molar refractivity (Wildman–Crippen MR) is 134 cm³/mol. The Bertz CT molecular complexity index is 1540. The lowest BCUT2D eigenvalue weighted by atomic mass is 10.1. The number of fused-ring (bicyclic) bond motifs is 1. The molecular formula is C24H26N4O4S2. The molecule has 0 saturated heterocycles. The third-order valence-electron chi connectivity index (χ3n) is 5.65. The number of nitrogens with zero attached hydrogens (tertiary/aromatic N) is 4. The van der Waals surface area contributed by atoms with Gasteiger partial charge in [-0.25, -0.2) is 18.2 Å². The fourth-order valence-electron chi connectivity index (χ4n) is 3.89. The van der Waals surface area contributed by atoms with Crippen molar-refractivity contribution in [2.75, 3.05) is 11.5 Å². The number of thioether (sulfide) groups is 1. The Labute approximate surface area is 201 Å². The van der Waals surface area contributed by atoms with Gasteiger partial charge in [-0.05, 0) is 36.3 Å². The van der Waals surface area contributed by atoms with E-state index in [1.54, 1.807) is 48.3 Å². The number of hydrogen-bond donors (Lipinski definition) is 0. The summed E-state index contributed by atoms with van der Waals surface area (Å²) in [6.45, 7) is 1.72. The van der Waals surface area contributed by atoms with Gasteiger partial charge >= 0.3 is 5.69 Å². The van der Waals surface area contributed by atoms with Crippen molar-refractivity contribution in [3.05, 3.63) is 81.8 Å². The minimum Gasteiger partial charge on any atom is -0.294 e. The lowest BCUT2D eigenvalue weighted by Crippen LogP contribution is -2.42. The minimum atomic E-state index is -3.80. The quantitative estimate of drug-likeness (QED) is 0.200. The molecule has 0 amide bonds. The smallest absolute Gasteiger partial charge is 0.294 e. The molecule has 1 aromatic carbocycles. The number of imidazole rings is 1. The van der Waals surface area contributed by atoms with Crippen LogP contribution in [0, 0.1) is 0 Å². The average Bonchev–Trinajstić information content (AvgIpc) is 3.33. The summed E-state index contributed by atoms with van der Waals surface area (Å²) in [5.41, 5.74) is 0.221. The number of aromatic nitrogens is 4. The van der Waals surface area contributed by atoms with E-state index in [4.69, 9.17) is 0 Å². The van der Waals surface area contributed by atoms with Crippen LogP contribution in [0.4, 0.5) is 0 Å². The summed E-state index contributed by atoms with van der Waals surface area (Å²) in [5.74, 6) is 0.602. The molecule has 3 heterocycles. The first kappa shape index (κ1) is 24.0. The summed E-state index contributed by atoms with van der Waals surface area (Å²) >= 11 is 1.68. The monoisotopic (exact) mass is 498 g/mol. The minimum absolute atomic E-state index is 0.0470. The molecule has 0 radical (unpaired) electrons. The molecule has 34 heavy (non-hydrogen) atoms. The maximum Gasteiger partial charge on any atom is 0.331 e. The third-order valence-corrected chi connectivity index (χ3v) is 8.60. The molecule has 0 spiro atoms. The van der Waals surface area contributed by atoms with E-state index in [1.165, 1.54) is 14.0 Å². The summed E-state index contributed by atoms with van der Waals surface area (Å²) in [6.07, 6.45) is 5.06. The highest BCUT2D eigenvalue weighted by molar-refractivity contribution is 7.99. The van der Waals surface area contributed by atoms with E-state index in [-0.39, 0.29) is 22.9 Å². The van der Waals surface area contributed by atoms with E-state index in [9.17, 15) is 18.0 Å². The largest absolute Gasteiger partial charge is 0.331 e. The van der Waals surface area contributed by atoms with Crippen LogP contribution in [-0.4, -0.2) is 38.4 Å². The fraction of sp³-hybridized carbons (Fsp3) is 0.292. The molecule has 0 atom stereocenters. The second-order valence-electron chi connectivity index (χ2n) is 7.82. The molecule has 8 nitrogen and oxygen atoms in total. The van der Waals surface area contributed by atoms with E-state index >= 15 is 0 Å². The Kier molecular flexibility index (Phi) is 7.08. The average molecular weight is 499 g/mol. The van der Waals surface area contributed by atoms with Crippen molar-refractivity contribution in [2.24, 2.45) is 7.05 Å². The Morgan fingerprint density at radius 2 is 1.76 bits per heavy atom. The van der Waals surface area contributed by atoms with E-state index in [1.807, 2.05) is 28.8 Å². The topological polar surface area (TPSA) is 95.4 Å². The first-order valence-electron chi connectivity index (χ1n) is 11.0. The summed E-state index contributed by atoms with van der Waals surface area (Å²) in [4.78, 5) is 30.7. The van der Waals surface area contributed by atoms with Crippen LogP contribution in [0.5, 0.6) is 0 Å². The van der Waals surface area contributed by atoms with Crippen LogP contribution in [0.25, 0.3) is 16.8 Å². The van der Waals surface area contributed by atoms with Gasteiger partial charge in [0.25, 0.3) is 5.56 Å². The van der Waals surface area contributed by atoms with Gasteiger partial charge in [-0.3, -0.25) is 18.3 Å². The highest BCUT2D eigenvalue weighted by Gasteiger charge is 2.27. The number of rotatable bonds is 9. The molecule has 0 aliphatic carbocycles. The molecule has 178 valence electrons. The summed E-state index contributed by atoms with van der Waals surface area (Å²) in [5, 5.41) is 0.847. The lowest BCUT2D eigenvalue weighted by molar-refractivity contribution is 0.529. The van der Waals surface area contributed by atoms with Crippen LogP contribution in [0.2, 0.25) is 0 Å². The van der Waals surface area contributed by atoms with Crippen molar-refractivity contribution in [3.63, 3.8) is 0 Å². The normalized spacial score (nSPS) is 11.8. The predicted octanol–water partition coefficient (Wildman–Crippen LogP) is 3.23. The highest BCUT2D eigenvalue weighted by Crippen LogP contribution is 2.24. The van der Waals surface area contributed by atoms with Gasteiger partial charge in [0, 0.05) is 26.0 Å². The van der Waals surface area contributed by atoms with Gasteiger partial charge in [-0.15, -0.1) is 11.8 Å². The first-order valence-corrected chi connectivity index (χ1v) is 13.7. The summed E-state index contributed by atoms with van der Waals surface area (Å²) in [7, 11) is -2.39. The van der Waals surface area contributed by atoms with Gasteiger partial charge in [0.15, 0.2) is 14.9 Å². The summed E-state index contributed by atoms with van der Waals surface area (Å²) in [6, 6.07) is 14.6. The maximum absolute atomic E-state index is 13.4. The molecule has 10 heteroatoms. The van der Waals surface area contributed by atoms with E-state index in [0.717, 1.165) is 32.0 Å². The van der Waals surface area contributed by atoms with Crippen molar-refractivity contribution in [3.8, 4) is 11.1 Å². The zero-order valence-corrected chi connectivity index (χ0v) is 20.7. The van der Waals surface area contributed by atoms with Crippen LogP contribution in [-0.2, 0) is 23.4 Å². The number of hydrogen-bond acceptors (Lipinski definition) is 6. The van der Waals surface area contributed by atoms with E-state index in [0.29, 0.717) is 12.0 Å². The molecule has 0 fully saturated rings. The molecule has 0 aliphatic heterocycles. The number of sulfone groups is 1. The zero-order chi connectivity index (χ0) is 24.3. The van der Waals surface area contributed by atoms with Crippen molar-refractivity contribution in [1.82, 2.24) is 18.5 Å². The fourth-order valence-corrected chi connectivity index (χ4v) is 6.20. The zero-order valence-electron chi connectivity index (χ0n) is 19.0. The van der Waals surface area contributed by atoms with Crippen LogP contribution in [0.15, 0.2) is 80.6 Å². The van der Waals surface area contributed by atoms with Crippen LogP contribution >= 0.6 is 11.8 Å². The van der Waals surface area contributed by atoms with Crippen molar-refractivity contribution in [2.45, 2.75) is 36.4 Å². The van der Waals surface area contributed by atoms with Crippen LogP contribution in [0.3, 0.4) is 0 Å². The number of unbranched alkanes of at least 4 members (excludes halogenated alkanes) is 1. The van der Waals surface area contributed by atoms with Gasteiger partial charge in [0.2, 0.25) is 0 Å². The first-order chi connectivity index (χ1) is 16.3. The van der Waals surface area contributed by atoms with Crippen molar-refractivity contribution in [1.29, 1.82) is 0 Å². The maximum atomic E-state index is 13.4. The van der Waals surface area contributed by atoms with Crippen LogP contribution in [0.1, 0.15) is 19.8 Å². The third kappa shape index (κ3) is 4.60. The Balaban J connectivity index is 1.59. The van der Waals surface area contributed by atoms with Crippen LogP contribution < -0.4 is 11.2 Å². The molecule has 0 unspecified atom stereocenters. The van der Waals surface area contributed by atoms with Gasteiger partial charge in [-0.1, -0.05) is 43.3 Å². The van der Waals surface area contributed by atoms with E-state index < -0.39 is 21.1 Å². The molecule has 0 aliphatic rings. The highest BCUT2D eigenvalue weighted by atomic mass is 32.2. The Hall–Kier alpha value is -3.11. The molecular weight excluding hydrogens is 472 g/mol. The molecule has 4 rings (SSSR count). The van der Waals surface area contributed by atoms with Crippen molar-refractivity contribution >= 4 is 27.2 Å². The van der Waals surface area contributed by atoms with Gasteiger partial charge in [0.05, 0.1) is 16.3 Å². The molecule has 3 aromatic heterocycles. The Morgan fingerprint density at radius 1 is 1.00 bits per heavy atom. The second kappa shape index (κ2) is 10.0.